The first-order valence-electron chi connectivity index (χ1n) is 11.4. The molecular weight excluding hydrogens is 432 g/mol. The second-order valence-electron chi connectivity index (χ2n) is 8.96. The van der Waals surface area contributed by atoms with Gasteiger partial charge < -0.3 is 29.5 Å². The Balaban J connectivity index is 1.25. The van der Waals surface area contributed by atoms with Crippen LogP contribution >= 0.6 is 11.6 Å². The maximum atomic E-state index is 13.1. The van der Waals surface area contributed by atoms with Crippen LogP contribution in [0.3, 0.4) is 0 Å². The number of aromatic nitrogens is 1. The van der Waals surface area contributed by atoms with Crippen molar-refractivity contribution in [2.45, 2.75) is 43.9 Å². The minimum absolute atomic E-state index is 0.00514. The average Bonchev–Trinajstić information content (AvgIpc) is 3.16. The Kier molecular flexibility index (Phi) is 6.01. The van der Waals surface area contributed by atoms with Crippen molar-refractivity contribution in [3.63, 3.8) is 0 Å². The van der Waals surface area contributed by atoms with Crippen molar-refractivity contribution in [3.05, 3.63) is 35.0 Å². The number of benzene rings is 1. The second-order valence-corrected chi connectivity index (χ2v) is 9.40. The van der Waals surface area contributed by atoms with Crippen molar-refractivity contribution >= 4 is 34.4 Å². The summed E-state index contributed by atoms with van der Waals surface area (Å²) in [6, 6.07) is 5.82. The summed E-state index contributed by atoms with van der Waals surface area (Å²) >= 11 is 6.27. The second kappa shape index (κ2) is 8.92. The highest BCUT2D eigenvalue weighted by Gasteiger charge is 2.38. The van der Waals surface area contributed by atoms with E-state index >= 15 is 0 Å². The lowest BCUT2D eigenvalue weighted by atomic mass is 9.89. The first kappa shape index (κ1) is 21.6. The number of fused-ring (bicyclic) bond motifs is 2. The number of piperidine rings is 2. The van der Waals surface area contributed by atoms with Gasteiger partial charge in [0.2, 0.25) is 5.91 Å². The molecule has 32 heavy (non-hydrogen) atoms. The molecule has 0 radical (unpaired) electrons. The molecule has 8 nitrogen and oxygen atoms in total. The Hall–Kier alpha value is -2.29. The minimum atomic E-state index is -0.117. The molecule has 0 saturated carbocycles. The quantitative estimate of drug-likeness (QED) is 0.735. The molecule has 2 N–H and O–H groups in total. The number of ether oxygens (including phenoxy) is 1. The number of aliphatic hydroxyl groups excluding tert-OH is 1. The molecule has 1 aromatic carbocycles. The Bertz CT molecular complexity index is 1020. The Morgan fingerprint density at radius 2 is 1.97 bits per heavy atom. The van der Waals surface area contributed by atoms with Crippen molar-refractivity contribution in [1.29, 1.82) is 0 Å². The number of rotatable bonds is 3. The van der Waals surface area contributed by atoms with Gasteiger partial charge in [-0.3, -0.25) is 4.79 Å². The third-order valence-electron chi connectivity index (χ3n) is 7.01. The van der Waals surface area contributed by atoms with Crippen molar-refractivity contribution < 1.29 is 19.4 Å². The molecule has 0 aliphatic carbocycles. The van der Waals surface area contributed by atoms with E-state index in [2.05, 4.69) is 16.1 Å². The molecule has 2 atom stereocenters. The molecule has 3 aliphatic rings. The number of nitrogens with one attached hydrogen (secondary N) is 1. The molecule has 3 fully saturated rings. The zero-order chi connectivity index (χ0) is 22.2. The van der Waals surface area contributed by atoms with Gasteiger partial charge in [-0.1, -0.05) is 11.6 Å². The topological polar surface area (TPSA) is 87.0 Å². The van der Waals surface area contributed by atoms with Crippen molar-refractivity contribution in [3.8, 4) is 0 Å². The normalized spacial score (nSPS) is 24.5. The van der Waals surface area contributed by atoms with E-state index in [4.69, 9.17) is 16.3 Å². The number of carbonyl (C=O) groups is 2. The number of amides is 3. The lowest BCUT2D eigenvalue weighted by Gasteiger charge is -2.43. The number of hydrogen-bond donors (Lipinski definition) is 2. The van der Waals surface area contributed by atoms with Crippen LogP contribution in [0.15, 0.2) is 24.4 Å². The van der Waals surface area contributed by atoms with Gasteiger partial charge in [0.1, 0.15) is 6.61 Å². The van der Waals surface area contributed by atoms with Crippen molar-refractivity contribution in [2.75, 3.05) is 39.4 Å². The molecule has 3 saturated heterocycles. The number of nitrogens with zero attached hydrogens (tertiary/aromatic N) is 3. The fourth-order valence-corrected chi connectivity index (χ4v) is 5.54. The third kappa shape index (κ3) is 4.07. The van der Waals surface area contributed by atoms with Gasteiger partial charge in [0.15, 0.2) is 0 Å². The lowest BCUT2D eigenvalue weighted by molar-refractivity contribution is -0.139. The molecule has 9 heteroatoms. The number of aliphatic hydroxyl groups is 1. The van der Waals surface area contributed by atoms with Crippen LogP contribution in [0, 0.1) is 0 Å². The highest BCUT2D eigenvalue weighted by atomic mass is 35.5. The molecule has 1 unspecified atom stereocenters. The molecule has 0 bridgehead atoms. The number of likely N-dealkylation sites (tertiary alicyclic amines) is 2. The molecule has 1 aromatic heterocycles. The summed E-state index contributed by atoms with van der Waals surface area (Å²) in [7, 11) is 0. The van der Waals surface area contributed by atoms with E-state index in [9.17, 15) is 14.7 Å². The van der Waals surface area contributed by atoms with Crippen LogP contribution in [0.2, 0.25) is 5.02 Å². The summed E-state index contributed by atoms with van der Waals surface area (Å²) in [4.78, 5) is 28.6. The maximum absolute atomic E-state index is 13.1. The van der Waals surface area contributed by atoms with E-state index in [0.29, 0.717) is 43.7 Å². The maximum Gasteiger partial charge on any atom is 0.320 e. The van der Waals surface area contributed by atoms with E-state index in [1.807, 2.05) is 28.0 Å². The Morgan fingerprint density at radius 1 is 1.19 bits per heavy atom. The van der Waals surface area contributed by atoms with Gasteiger partial charge in [-0.25, -0.2) is 4.79 Å². The van der Waals surface area contributed by atoms with E-state index in [0.717, 1.165) is 30.2 Å². The number of hydrogen-bond acceptors (Lipinski definition) is 4. The van der Waals surface area contributed by atoms with Crippen LogP contribution in [0.5, 0.6) is 0 Å². The minimum Gasteiger partial charge on any atom is -0.395 e. The Morgan fingerprint density at radius 3 is 2.75 bits per heavy atom. The summed E-state index contributed by atoms with van der Waals surface area (Å²) in [6.45, 7) is 3.30. The number of urea groups is 1. The fourth-order valence-electron chi connectivity index (χ4n) is 5.37. The van der Waals surface area contributed by atoms with Crippen LogP contribution in [0.1, 0.15) is 30.7 Å². The van der Waals surface area contributed by atoms with Crippen LogP contribution in [0.4, 0.5) is 4.79 Å². The van der Waals surface area contributed by atoms with Gasteiger partial charge in [0.25, 0.3) is 0 Å². The molecule has 0 spiro atoms. The molecular formula is C23H29ClN4O4. The standard InChI is InChI=1S/C23H29ClN4O4/c24-16-1-2-20-17(11-16)18(12-27(20)9-10-29)15-3-6-26(7-4-15)23(31)28-8-5-21-19(13-28)25-22(30)14-32-21/h1-2,11-12,15,19,21,29H,3-10,13-14H2,(H,25,30)/t19-,21?/m0/s1. The van der Waals surface area contributed by atoms with Gasteiger partial charge in [-0.15, -0.1) is 0 Å². The van der Waals surface area contributed by atoms with E-state index in [1.54, 1.807) is 0 Å². The molecule has 172 valence electrons. The van der Waals surface area contributed by atoms with Crippen LogP contribution in [-0.4, -0.2) is 83.0 Å². The largest absolute Gasteiger partial charge is 0.395 e. The molecule has 3 aliphatic heterocycles. The van der Waals surface area contributed by atoms with Crippen LogP contribution in [-0.2, 0) is 16.1 Å². The summed E-state index contributed by atoms with van der Waals surface area (Å²) < 4.78 is 7.69. The van der Waals surface area contributed by atoms with Gasteiger partial charge >= 0.3 is 6.03 Å². The summed E-state index contributed by atoms with van der Waals surface area (Å²) in [6.07, 6.45) is 4.66. The zero-order valence-corrected chi connectivity index (χ0v) is 18.8. The SMILES string of the molecule is O=C1COC2CCN(C(=O)N3CCC(c4cn(CCO)c5ccc(Cl)cc45)CC3)C[C@@H]2N1. The number of carbonyl (C=O) groups excluding carboxylic acids is 2. The molecule has 5 rings (SSSR count). The summed E-state index contributed by atoms with van der Waals surface area (Å²) in [5.41, 5.74) is 2.32. The molecule has 2 aromatic rings. The van der Waals surface area contributed by atoms with E-state index in [1.165, 1.54) is 5.56 Å². The first-order valence-corrected chi connectivity index (χ1v) is 11.7. The Labute approximate surface area is 192 Å². The third-order valence-corrected chi connectivity index (χ3v) is 7.25. The van der Waals surface area contributed by atoms with E-state index in [-0.39, 0.29) is 37.3 Å². The fraction of sp³-hybridized carbons (Fsp3) is 0.565. The van der Waals surface area contributed by atoms with Gasteiger partial charge in [-0.2, -0.15) is 0 Å². The number of morpholine rings is 1. The van der Waals surface area contributed by atoms with E-state index < -0.39 is 0 Å². The first-order chi connectivity index (χ1) is 15.5. The predicted octanol–water partition coefficient (Wildman–Crippen LogP) is 2.18. The monoisotopic (exact) mass is 460 g/mol. The zero-order valence-electron chi connectivity index (χ0n) is 18.0. The highest BCUT2D eigenvalue weighted by molar-refractivity contribution is 6.31. The van der Waals surface area contributed by atoms with Crippen molar-refractivity contribution in [1.82, 2.24) is 19.7 Å². The van der Waals surface area contributed by atoms with Crippen molar-refractivity contribution in [2.24, 2.45) is 0 Å². The smallest absolute Gasteiger partial charge is 0.320 e. The molecule has 3 amide bonds. The average molecular weight is 461 g/mol. The number of halogens is 1. The lowest BCUT2D eigenvalue weighted by Crippen LogP contribution is -2.62. The van der Waals surface area contributed by atoms with Crippen LogP contribution < -0.4 is 5.32 Å². The highest BCUT2D eigenvalue weighted by Crippen LogP contribution is 2.36. The van der Waals surface area contributed by atoms with Gasteiger partial charge in [0.05, 0.1) is 18.8 Å². The van der Waals surface area contributed by atoms with Gasteiger partial charge in [0, 0.05) is 54.8 Å². The predicted molar refractivity (Wildman–Crippen MR) is 121 cm³/mol. The summed E-state index contributed by atoms with van der Waals surface area (Å²) in [5.74, 6) is 0.235. The van der Waals surface area contributed by atoms with Gasteiger partial charge in [-0.05, 0) is 48.9 Å². The molecule has 4 heterocycles. The van der Waals surface area contributed by atoms with Crippen LogP contribution in [0.25, 0.3) is 10.9 Å². The summed E-state index contributed by atoms with van der Waals surface area (Å²) in [5, 5.41) is 14.2.